The van der Waals surface area contributed by atoms with Gasteiger partial charge < -0.3 is 9.32 Å². The quantitative estimate of drug-likeness (QED) is 0.741. The Morgan fingerprint density at radius 1 is 1.15 bits per heavy atom. The standard InChI is InChI=1S/C14H18N2O.C2H4O/c1-9-6-11(13-15-10(2)17-16-13)8-12(7-9)14(3,4)5;1-2-3/h6-8H,1-5H3;2H,1H3. The molecule has 0 saturated heterocycles. The van der Waals surface area contributed by atoms with E-state index in [0.717, 1.165) is 11.8 Å². The SMILES string of the molecule is CC=O.Cc1cc(-c2noc(C)n2)cc(C(C)(C)C)c1. The molecule has 0 fully saturated rings. The molecule has 2 rings (SSSR count). The van der Waals surface area contributed by atoms with Crippen LogP contribution in [0.25, 0.3) is 11.4 Å². The molecule has 0 atom stereocenters. The van der Waals surface area contributed by atoms with Crippen molar-refractivity contribution in [3.05, 3.63) is 35.2 Å². The van der Waals surface area contributed by atoms with Gasteiger partial charge in [-0.2, -0.15) is 4.98 Å². The van der Waals surface area contributed by atoms with Crippen LogP contribution in [0.15, 0.2) is 22.7 Å². The predicted octanol–water partition coefficient (Wildman–Crippen LogP) is 3.86. The number of aromatic nitrogens is 2. The molecule has 0 saturated carbocycles. The second-order valence-electron chi connectivity index (χ2n) is 5.71. The van der Waals surface area contributed by atoms with E-state index in [1.54, 1.807) is 6.92 Å². The highest BCUT2D eigenvalue weighted by molar-refractivity contribution is 5.57. The Balaban J connectivity index is 0.000000612. The largest absolute Gasteiger partial charge is 0.339 e. The molecule has 0 aliphatic heterocycles. The Hall–Kier alpha value is -1.97. The first-order valence-electron chi connectivity index (χ1n) is 6.60. The van der Waals surface area contributed by atoms with Crippen LogP contribution in [0, 0.1) is 13.8 Å². The molecule has 0 radical (unpaired) electrons. The molecule has 1 heterocycles. The summed E-state index contributed by atoms with van der Waals surface area (Å²) in [7, 11) is 0. The number of carbonyl (C=O) groups excluding carboxylic acids is 1. The van der Waals surface area contributed by atoms with Crippen LogP contribution in [0.2, 0.25) is 0 Å². The van der Waals surface area contributed by atoms with E-state index in [-0.39, 0.29) is 5.41 Å². The fourth-order valence-electron chi connectivity index (χ4n) is 1.76. The Kier molecular flexibility index (Phi) is 5.19. The van der Waals surface area contributed by atoms with Gasteiger partial charge in [-0.15, -0.1) is 0 Å². The first-order chi connectivity index (χ1) is 9.27. The van der Waals surface area contributed by atoms with Crippen molar-refractivity contribution >= 4 is 6.29 Å². The zero-order valence-electron chi connectivity index (χ0n) is 13.0. The van der Waals surface area contributed by atoms with Crippen molar-refractivity contribution in [2.24, 2.45) is 0 Å². The molecular formula is C16H22N2O2. The maximum atomic E-state index is 8.81. The zero-order chi connectivity index (χ0) is 15.3. The van der Waals surface area contributed by atoms with Crippen LogP contribution in [0.5, 0.6) is 0 Å². The van der Waals surface area contributed by atoms with Gasteiger partial charge in [-0.05, 0) is 37.0 Å². The molecule has 0 N–H and O–H groups in total. The predicted molar refractivity (Wildman–Crippen MR) is 79.6 cm³/mol. The second-order valence-corrected chi connectivity index (χ2v) is 5.71. The highest BCUT2D eigenvalue weighted by atomic mass is 16.5. The lowest BCUT2D eigenvalue weighted by atomic mass is 9.85. The lowest BCUT2D eigenvalue weighted by Crippen LogP contribution is -2.11. The second kappa shape index (κ2) is 6.46. The van der Waals surface area contributed by atoms with E-state index in [0.29, 0.717) is 11.7 Å². The number of hydrogen-bond donors (Lipinski definition) is 0. The molecule has 1 aromatic carbocycles. The molecule has 1 aromatic heterocycles. The monoisotopic (exact) mass is 274 g/mol. The van der Waals surface area contributed by atoms with Crippen LogP contribution in [0.3, 0.4) is 0 Å². The van der Waals surface area contributed by atoms with Crippen molar-refractivity contribution in [2.75, 3.05) is 0 Å². The number of aryl methyl sites for hydroxylation is 2. The van der Waals surface area contributed by atoms with E-state index in [1.165, 1.54) is 18.1 Å². The van der Waals surface area contributed by atoms with Crippen molar-refractivity contribution in [2.45, 2.75) is 47.0 Å². The van der Waals surface area contributed by atoms with Crippen LogP contribution < -0.4 is 0 Å². The van der Waals surface area contributed by atoms with Crippen molar-refractivity contribution in [3.8, 4) is 11.4 Å². The molecule has 4 nitrogen and oxygen atoms in total. The smallest absolute Gasteiger partial charge is 0.223 e. The minimum absolute atomic E-state index is 0.125. The first-order valence-corrected chi connectivity index (χ1v) is 6.60. The normalized spacial score (nSPS) is 10.7. The van der Waals surface area contributed by atoms with Gasteiger partial charge in [0.2, 0.25) is 11.7 Å². The van der Waals surface area contributed by atoms with E-state index in [1.807, 2.05) is 0 Å². The van der Waals surface area contributed by atoms with E-state index < -0.39 is 0 Å². The fourth-order valence-corrected chi connectivity index (χ4v) is 1.76. The van der Waals surface area contributed by atoms with Crippen molar-refractivity contribution < 1.29 is 9.32 Å². The lowest BCUT2D eigenvalue weighted by Gasteiger charge is -2.20. The molecule has 108 valence electrons. The summed E-state index contributed by atoms with van der Waals surface area (Å²) >= 11 is 0. The van der Waals surface area contributed by atoms with Gasteiger partial charge >= 0.3 is 0 Å². The zero-order valence-corrected chi connectivity index (χ0v) is 13.0. The van der Waals surface area contributed by atoms with Gasteiger partial charge in [0.1, 0.15) is 6.29 Å². The molecule has 20 heavy (non-hydrogen) atoms. The van der Waals surface area contributed by atoms with Crippen molar-refractivity contribution in [1.82, 2.24) is 10.1 Å². The molecule has 0 aliphatic carbocycles. The van der Waals surface area contributed by atoms with E-state index in [4.69, 9.17) is 9.32 Å². The van der Waals surface area contributed by atoms with Crippen LogP contribution in [0.1, 0.15) is 44.7 Å². The van der Waals surface area contributed by atoms with E-state index >= 15 is 0 Å². The van der Waals surface area contributed by atoms with Gasteiger partial charge in [0.05, 0.1) is 0 Å². The van der Waals surface area contributed by atoms with Crippen molar-refractivity contribution in [3.63, 3.8) is 0 Å². The average molecular weight is 274 g/mol. The topological polar surface area (TPSA) is 56.0 Å². The van der Waals surface area contributed by atoms with Crippen LogP contribution in [0.4, 0.5) is 0 Å². The third-order valence-corrected chi connectivity index (χ3v) is 2.73. The Morgan fingerprint density at radius 2 is 1.75 bits per heavy atom. The number of nitrogens with zero attached hydrogens (tertiary/aromatic N) is 2. The maximum absolute atomic E-state index is 8.81. The van der Waals surface area contributed by atoms with Gasteiger partial charge in [0.25, 0.3) is 0 Å². The van der Waals surface area contributed by atoms with Gasteiger partial charge in [-0.1, -0.05) is 37.6 Å². The molecule has 2 aromatic rings. The number of aldehydes is 1. The fraction of sp³-hybridized carbons (Fsp3) is 0.438. The minimum Gasteiger partial charge on any atom is -0.339 e. The summed E-state index contributed by atoms with van der Waals surface area (Å²) in [4.78, 5) is 13.1. The summed E-state index contributed by atoms with van der Waals surface area (Å²) in [5.41, 5.74) is 3.65. The van der Waals surface area contributed by atoms with Crippen molar-refractivity contribution in [1.29, 1.82) is 0 Å². The van der Waals surface area contributed by atoms with Crippen LogP contribution in [-0.4, -0.2) is 16.4 Å². The summed E-state index contributed by atoms with van der Waals surface area (Å²) in [5.74, 6) is 1.26. The van der Waals surface area contributed by atoms with Gasteiger partial charge in [-0.25, -0.2) is 0 Å². The third-order valence-electron chi connectivity index (χ3n) is 2.73. The Labute approximate surface area is 120 Å². The number of rotatable bonds is 1. The van der Waals surface area contributed by atoms with E-state index in [2.05, 4.69) is 56.0 Å². The highest BCUT2D eigenvalue weighted by Crippen LogP contribution is 2.27. The average Bonchev–Trinajstić information content (AvgIpc) is 2.75. The van der Waals surface area contributed by atoms with Gasteiger partial charge in [0, 0.05) is 12.5 Å². The molecule has 0 unspecified atom stereocenters. The molecule has 0 amide bonds. The minimum atomic E-state index is 0.125. The van der Waals surface area contributed by atoms with Gasteiger partial charge in [-0.3, -0.25) is 0 Å². The summed E-state index contributed by atoms with van der Waals surface area (Å²) < 4.78 is 5.02. The maximum Gasteiger partial charge on any atom is 0.223 e. The first kappa shape index (κ1) is 16.1. The van der Waals surface area contributed by atoms with Gasteiger partial charge in [0.15, 0.2) is 0 Å². The lowest BCUT2D eigenvalue weighted by molar-refractivity contribution is -0.106. The summed E-state index contributed by atoms with van der Waals surface area (Å²) in [5, 5.41) is 3.96. The number of carbonyl (C=O) groups is 1. The Morgan fingerprint density at radius 3 is 2.20 bits per heavy atom. The molecule has 0 bridgehead atoms. The summed E-state index contributed by atoms with van der Waals surface area (Å²) in [6.07, 6.45) is 0.750. The van der Waals surface area contributed by atoms with Crippen LogP contribution in [-0.2, 0) is 10.2 Å². The Bertz CT molecular complexity index is 580. The third kappa shape index (κ3) is 4.30. The molecular weight excluding hydrogens is 252 g/mol. The summed E-state index contributed by atoms with van der Waals surface area (Å²) in [6.45, 7) is 11.9. The highest BCUT2D eigenvalue weighted by Gasteiger charge is 2.16. The number of benzene rings is 1. The van der Waals surface area contributed by atoms with E-state index in [9.17, 15) is 0 Å². The molecule has 0 spiro atoms. The number of hydrogen-bond acceptors (Lipinski definition) is 4. The molecule has 0 aliphatic rings. The summed E-state index contributed by atoms with van der Waals surface area (Å²) in [6, 6.07) is 6.42. The van der Waals surface area contributed by atoms with Crippen LogP contribution >= 0.6 is 0 Å². The molecule has 4 heteroatoms.